The van der Waals surface area contributed by atoms with Crippen LogP contribution in [0.3, 0.4) is 0 Å². The zero-order valence-electron chi connectivity index (χ0n) is 25.8. The fraction of sp³-hybridized carbons (Fsp3) is 0.719. The molecule has 1 saturated heterocycles. The maximum atomic E-state index is 13.7. The van der Waals surface area contributed by atoms with Crippen molar-refractivity contribution in [2.24, 2.45) is 28.6 Å². The van der Waals surface area contributed by atoms with Gasteiger partial charge in [-0.1, -0.05) is 54.0 Å². The number of aromatic nitrogens is 2. The molecule has 2 aromatic heterocycles. The van der Waals surface area contributed by atoms with Crippen LogP contribution in [0.15, 0.2) is 24.4 Å². The van der Waals surface area contributed by atoms with Crippen LogP contribution in [0, 0.1) is 28.6 Å². The summed E-state index contributed by atoms with van der Waals surface area (Å²) in [5.74, 6) is 1.78. The molecule has 3 heterocycles. The summed E-state index contributed by atoms with van der Waals surface area (Å²) in [6, 6.07) is 5.74. The van der Waals surface area contributed by atoms with Crippen molar-refractivity contribution in [2.45, 2.75) is 79.7 Å². The van der Waals surface area contributed by atoms with Gasteiger partial charge in [0.15, 0.2) is 0 Å². The van der Waals surface area contributed by atoms with Crippen LogP contribution in [-0.2, 0) is 16.0 Å². The summed E-state index contributed by atoms with van der Waals surface area (Å²) in [7, 11) is 1.70. The Hall–Kier alpha value is -2.45. The Bertz CT molecular complexity index is 1170. The fourth-order valence-electron chi connectivity index (χ4n) is 7.36. The Morgan fingerprint density at radius 1 is 1.27 bits per heavy atom. The van der Waals surface area contributed by atoms with E-state index in [2.05, 4.69) is 52.2 Å². The number of hydrogen-bond acceptors (Lipinski definition) is 5. The minimum atomic E-state index is -0.102. The number of nitrogens with one attached hydrogen (secondary N) is 2. The lowest BCUT2D eigenvalue weighted by Gasteiger charge is -2.55. The minimum absolute atomic E-state index is 0.0194. The molecule has 40 heavy (non-hydrogen) atoms. The SMILES string of the molecule is CC[C@@H]1C[C@H]([C@@H](C)CNC(=O)c2cccc3nc(CC(=O)N(CCCOC)C4CCNCC4(C)C)cn23)C1(C)C. The molecule has 0 spiro atoms. The monoisotopic (exact) mass is 553 g/mol. The molecule has 1 unspecified atom stereocenters. The first kappa shape index (κ1) is 30.5. The van der Waals surface area contributed by atoms with E-state index in [1.54, 1.807) is 7.11 Å². The Morgan fingerprint density at radius 2 is 2.05 bits per heavy atom. The summed E-state index contributed by atoms with van der Waals surface area (Å²) < 4.78 is 7.10. The number of hydrogen-bond donors (Lipinski definition) is 2. The largest absolute Gasteiger partial charge is 0.385 e. The van der Waals surface area contributed by atoms with Crippen molar-refractivity contribution in [1.29, 1.82) is 0 Å². The number of ether oxygens (including phenoxy) is 1. The highest BCUT2D eigenvalue weighted by molar-refractivity contribution is 5.93. The van der Waals surface area contributed by atoms with Gasteiger partial charge < -0.3 is 20.3 Å². The number of pyridine rings is 1. The van der Waals surface area contributed by atoms with Crippen LogP contribution in [-0.4, -0.2) is 72.0 Å². The first-order chi connectivity index (χ1) is 19.0. The molecule has 2 aliphatic rings. The molecule has 2 amide bonds. The number of rotatable bonds is 12. The minimum Gasteiger partial charge on any atom is -0.385 e. The molecule has 1 aliphatic carbocycles. The molecular formula is C32H51N5O3. The molecule has 8 nitrogen and oxygen atoms in total. The van der Waals surface area contributed by atoms with Gasteiger partial charge in [0.25, 0.3) is 5.91 Å². The predicted octanol–water partition coefficient (Wildman–Crippen LogP) is 4.57. The molecule has 2 fully saturated rings. The number of fused-ring (bicyclic) bond motifs is 1. The molecule has 2 N–H and O–H groups in total. The van der Waals surface area contributed by atoms with Crippen molar-refractivity contribution in [3.05, 3.63) is 35.8 Å². The van der Waals surface area contributed by atoms with Crippen LogP contribution in [0.5, 0.6) is 0 Å². The average Bonchev–Trinajstić information content (AvgIpc) is 3.32. The molecule has 8 heteroatoms. The third-order valence-electron chi connectivity index (χ3n) is 9.94. The lowest BCUT2D eigenvalue weighted by Crippen LogP contribution is -2.56. The van der Waals surface area contributed by atoms with E-state index in [9.17, 15) is 9.59 Å². The third kappa shape index (κ3) is 6.38. The lowest BCUT2D eigenvalue weighted by molar-refractivity contribution is -0.136. The predicted molar refractivity (Wildman–Crippen MR) is 159 cm³/mol. The van der Waals surface area contributed by atoms with E-state index in [4.69, 9.17) is 9.72 Å². The van der Waals surface area contributed by atoms with Crippen molar-refractivity contribution in [3.8, 4) is 0 Å². The lowest BCUT2D eigenvalue weighted by atomic mass is 9.51. The second kappa shape index (κ2) is 12.6. The van der Waals surface area contributed by atoms with E-state index in [-0.39, 0.29) is 29.7 Å². The van der Waals surface area contributed by atoms with Crippen molar-refractivity contribution in [3.63, 3.8) is 0 Å². The van der Waals surface area contributed by atoms with Crippen LogP contribution in [0.1, 0.15) is 83.4 Å². The van der Waals surface area contributed by atoms with Crippen LogP contribution in [0.2, 0.25) is 0 Å². The van der Waals surface area contributed by atoms with Crippen LogP contribution >= 0.6 is 0 Å². The van der Waals surface area contributed by atoms with Gasteiger partial charge in [-0.15, -0.1) is 0 Å². The first-order valence-corrected chi connectivity index (χ1v) is 15.2. The Kier molecular flexibility index (Phi) is 9.61. The quantitative estimate of drug-likeness (QED) is 0.376. The van der Waals surface area contributed by atoms with Crippen molar-refractivity contribution in [1.82, 2.24) is 24.9 Å². The van der Waals surface area contributed by atoms with Crippen LogP contribution in [0.4, 0.5) is 0 Å². The van der Waals surface area contributed by atoms with E-state index in [0.717, 1.165) is 31.8 Å². The number of amides is 2. The van der Waals surface area contributed by atoms with E-state index in [1.165, 1.54) is 12.8 Å². The molecule has 0 radical (unpaired) electrons. The maximum absolute atomic E-state index is 13.7. The van der Waals surface area contributed by atoms with Gasteiger partial charge in [-0.2, -0.15) is 0 Å². The molecule has 4 atom stereocenters. The van der Waals surface area contributed by atoms with Gasteiger partial charge in [0, 0.05) is 45.6 Å². The van der Waals surface area contributed by atoms with Crippen LogP contribution < -0.4 is 10.6 Å². The summed E-state index contributed by atoms with van der Waals surface area (Å²) >= 11 is 0. The first-order valence-electron chi connectivity index (χ1n) is 15.2. The van der Waals surface area contributed by atoms with Gasteiger partial charge in [0.05, 0.1) is 12.1 Å². The molecule has 0 bridgehead atoms. The summed E-state index contributed by atoms with van der Waals surface area (Å²) in [6.07, 6.45) is 6.25. The zero-order chi connectivity index (χ0) is 29.1. The molecule has 1 saturated carbocycles. The Morgan fingerprint density at radius 3 is 2.73 bits per heavy atom. The van der Waals surface area contributed by atoms with Gasteiger partial charge in [-0.25, -0.2) is 4.98 Å². The van der Waals surface area contributed by atoms with E-state index < -0.39 is 0 Å². The van der Waals surface area contributed by atoms with Crippen molar-refractivity contribution < 1.29 is 14.3 Å². The van der Waals surface area contributed by atoms with Gasteiger partial charge in [-0.05, 0) is 66.5 Å². The van der Waals surface area contributed by atoms with Crippen molar-refractivity contribution >= 4 is 17.5 Å². The number of methoxy groups -OCH3 is 1. The number of carbonyl (C=O) groups excluding carboxylic acids is 2. The Labute approximate surface area is 240 Å². The summed E-state index contributed by atoms with van der Waals surface area (Å²) in [5, 5.41) is 6.65. The van der Waals surface area contributed by atoms with E-state index >= 15 is 0 Å². The zero-order valence-corrected chi connectivity index (χ0v) is 25.8. The van der Waals surface area contributed by atoms with Crippen molar-refractivity contribution in [2.75, 3.05) is 39.9 Å². The Balaban J connectivity index is 1.45. The molecule has 0 aromatic carbocycles. The van der Waals surface area contributed by atoms with Gasteiger partial charge in [0.2, 0.25) is 5.91 Å². The topological polar surface area (TPSA) is 88.0 Å². The molecule has 4 rings (SSSR count). The summed E-state index contributed by atoms with van der Waals surface area (Å²) in [5.41, 5.74) is 2.22. The second-order valence-electron chi connectivity index (χ2n) is 13.4. The smallest absolute Gasteiger partial charge is 0.268 e. The van der Waals surface area contributed by atoms with Gasteiger partial charge >= 0.3 is 0 Å². The van der Waals surface area contributed by atoms with E-state index in [1.807, 2.05) is 33.7 Å². The number of imidazole rings is 1. The molecule has 1 aliphatic heterocycles. The fourth-order valence-corrected chi connectivity index (χ4v) is 7.36. The molecule has 2 aromatic rings. The highest BCUT2D eigenvalue weighted by atomic mass is 16.5. The van der Waals surface area contributed by atoms with Crippen LogP contribution in [0.25, 0.3) is 5.65 Å². The average molecular weight is 554 g/mol. The standard InChI is InChI=1S/C32H51N5O3/c1-8-23-17-25(32(23,5)6)22(2)19-34-30(39)26-11-9-12-28-35-24(20-37(26)28)18-29(38)36(15-10-16-40-7)27-13-14-33-21-31(27,3)4/h9,11-12,20,22-23,25,27,33H,8,10,13-19,21H2,1-7H3,(H,34,39)/t22-,23+,25+,27?/m0/s1. The molecule has 222 valence electrons. The second-order valence-corrected chi connectivity index (χ2v) is 13.4. The summed E-state index contributed by atoms with van der Waals surface area (Å²) in [4.78, 5) is 33.8. The van der Waals surface area contributed by atoms with Gasteiger partial charge in [0.1, 0.15) is 11.3 Å². The van der Waals surface area contributed by atoms with E-state index in [0.29, 0.717) is 54.0 Å². The highest BCUT2D eigenvalue weighted by Crippen LogP contribution is 2.55. The number of piperidine rings is 1. The third-order valence-corrected chi connectivity index (χ3v) is 9.94. The van der Waals surface area contributed by atoms with Gasteiger partial charge in [-0.3, -0.25) is 14.0 Å². The molecular weight excluding hydrogens is 502 g/mol. The normalized spacial score (nSPS) is 24.3. The summed E-state index contributed by atoms with van der Waals surface area (Å²) in [6.45, 7) is 17.5. The number of carbonyl (C=O) groups is 2. The maximum Gasteiger partial charge on any atom is 0.268 e. The number of nitrogens with zero attached hydrogens (tertiary/aromatic N) is 3. The highest BCUT2D eigenvalue weighted by Gasteiger charge is 2.48.